The molecule has 1 N–H and O–H groups in total. The Labute approximate surface area is 160 Å². The average molecular weight is 375 g/mol. The van der Waals surface area contributed by atoms with E-state index < -0.39 is 5.97 Å². The predicted octanol–water partition coefficient (Wildman–Crippen LogP) is 5.21. The van der Waals surface area contributed by atoms with E-state index in [1.54, 1.807) is 14.2 Å². The highest BCUT2D eigenvalue weighted by molar-refractivity contribution is 5.66. The molecule has 5 heteroatoms. The van der Waals surface area contributed by atoms with Gasteiger partial charge >= 0.3 is 5.97 Å². The third-order valence-electron chi connectivity index (χ3n) is 5.12. The average Bonchev–Trinajstić information content (AvgIpc) is 2.63. The summed E-state index contributed by atoms with van der Waals surface area (Å²) in [5, 5.41) is 8.67. The molecule has 0 radical (unpaired) electrons. The Hall–Kier alpha value is -0.650. The lowest BCUT2D eigenvalue weighted by Gasteiger charge is -2.23. The number of methoxy groups -OCH3 is 3. The number of carboxylic acid groups (broad SMARTS) is 1. The molecule has 5 nitrogen and oxygen atoms in total. The van der Waals surface area contributed by atoms with Gasteiger partial charge in [-0.1, -0.05) is 39.0 Å². The van der Waals surface area contributed by atoms with Crippen LogP contribution in [-0.4, -0.2) is 50.7 Å². The van der Waals surface area contributed by atoms with Gasteiger partial charge in [-0.05, 0) is 44.9 Å². The zero-order valence-electron chi connectivity index (χ0n) is 17.5. The van der Waals surface area contributed by atoms with Crippen molar-refractivity contribution >= 4 is 5.97 Å². The Morgan fingerprint density at radius 2 is 1.23 bits per heavy atom. The Kier molecular flexibility index (Phi) is 17.3. The fourth-order valence-electron chi connectivity index (χ4n) is 3.36. The third-order valence-corrected chi connectivity index (χ3v) is 5.12. The van der Waals surface area contributed by atoms with Crippen molar-refractivity contribution in [3.05, 3.63) is 0 Å². The first kappa shape index (κ1) is 25.4. The van der Waals surface area contributed by atoms with E-state index in [2.05, 4.69) is 6.92 Å². The zero-order chi connectivity index (χ0) is 19.6. The molecule has 0 saturated carbocycles. The molecule has 0 spiro atoms. The second kappa shape index (κ2) is 17.7. The summed E-state index contributed by atoms with van der Waals surface area (Å²) in [6, 6.07) is 0. The summed E-state index contributed by atoms with van der Waals surface area (Å²) >= 11 is 0. The smallest absolute Gasteiger partial charge is 0.303 e. The van der Waals surface area contributed by atoms with Gasteiger partial charge in [-0.3, -0.25) is 4.79 Å². The van der Waals surface area contributed by atoms with Crippen molar-refractivity contribution in [2.45, 2.75) is 109 Å². The van der Waals surface area contributed by atoms with E-state index in [0.29, 0.717) is 6.10 Å². The van der Waals surface area contributed by atoms with Crippen LogP contribution in [0.1, 0.15) is 90.4 Å². The molecule has 3 unspecified atom stereocenters. The zero-order valence-corrected chi connectivity index (χ0v) is 17.5. The van der Waals surface area contributed by atoms with E-state index >= 15 is 0 Å². The Morgan fingerprint density at radius 1 is 0.731 bits per heavy atom. The van der Waals surface area contributed by atoms with Crippen LogP contribution in [0.2, 0.25) is 0 Å². The number of hydrogen-bond donors (Lipinski definition) is 1. The van der Waals surface area contributed by atoms with Gasteiger partial charge in [-0.2, -0.15) is 0 Å². The van der Waals surface area contributed by atoms with Crippen LogP contribution in [0.5, 0.6) is 0 Å². The summed E-state index contributed by atoms with van der Waals surface area (Å²) in [6.45, 7) is 2.23. The van der Waals surface area contributed by atoms with Crippen molar-refractivity contribution in [1.29, 1.82) is 0 Å². The van der Waals surface area contributed by atoms with Gasteiger partial charge in [0.25, 0.3) is 0 Å². The van der Waals surface area contributed by atoms with Crippen LogP contribution < -0.4 is 0 Å². The van der Waals surface area contributed by atoms with Crippen LogP contribution in [0.25, 0.3) is 0 Å². The standard InChI is InChI=1S/C21H42O5/c1-5-6-8-12-18(24-2)14-11-15-20(26-4)17-19(25-3)13-9-7-10-16-21(22)23/h18-20H,5-17H2,1-4H3,(H,22,23). The van der Waals surface area contributed by atoms with Gasteiger partial charge in [0.05, 0.1) is 18.3 Å². The normalized spacial score (nSPS) is 14.9. The number of carboxylic acids is 1. The summed E-state index contributed by atoms with van der Waals surface area (Å²) < 4.78 is 16.9. The molecule has 0 aliphatic carbocycles. The molecule has 0 saturated heterocycles. The number of hydrogen-bond acceptors (Lipinski definition) is 4. The molecule has 0 aromatic heterocycles. The number of rotatable bonds is 19. The Balaban J connectivity index is 3.99. The maximum Gasteiger partial charge on any atom is 0.303 e. The molecule has 0 aromatic rings. The molecule has 0 aliphatic rings. The highest BCUT2D eigenvalue weighted by atomic mass is 16.5. The monoisotopic (exact) mass is 374 g/mol. The van der Waals surface area contributed by atoms with Crippen LogP contribution in [-0.2, 0) is 19.0 Å². The molecule has 26 heavy (non-hydrogen) atoms. The SMILES string of the molecule is CCCCCC(CCCC(CC(CCCCCC(=O)O)OC)OC)OC. The molecule has 0 heterocycles. The van der Waals surface area contributed by atoms with Crippen molar-refractivity contribution in [3.8, 4) is 0 Å². The highest BCUT2D eigenvalue weighted by Gasteiger charge is 2.17. The van der Waals surface area contributed by atoms with Gasteiger partial charge in [-0.15, -0.1) is 0 Å². The molecule has 3 atom stereocenters. The quantitative estimate of drug-likeness (QED) is 0.315. The molecular weight excluding hydrogens is 332 g/mol. The van der Waals surface area contributed by atoms with Crippen LogP contribution in [0.15, 0.2) is 0 Å². The lowest BCUT2D eigenvalue weighted by molar-refractivity contribution is -0.137. The molecule has 0 aromatic carbocycles. The number of ether oxygens (including phenoxy) is 3. The van der Waals surface area contributed by atoms with Crippen molar-refractivity contribution in [1.82, 2.24) is 0 Å². The minimum Gasteiger partial charge on any atom is -0.481 e. The lowest BCUT2D eigenvalue weighted by Crippen LogP contribution is -2.22. The molecule has 156 valence electrons. The molecule has 0 amide bonds. The lowest BCUT2D eigenvalue weighted by atomic mass is 9.99. The van der Waals surface area contributed by atoms with Crippen LogP contribution >= 0.6 is 0 Å². The van der Waals surface area contributed by atoms with Crippen molar-refractivity contribution in [3.63, 3.8) is 0 Å². The fraction of sp³-hybridized carbons (Fsp3) is 0.952. The van der Waals surface area contributed by atoms with E-state index in [4.69, 9.17) is 19.3 Å². The van der Waals surface area contributed by atoms with E-state index in [1.165, 1.54) is 19.3 Å². The van der Waals surface area contributed by atoms with Crippen molar-refractivity contribution < 1.29 is 24.1 Å². The molecular formula is C21H42O5. The van der Waals surface area contributed by atoms with E-state index in [1.807, 2.05) is 7.11 Å². The van der Waals surface area contributed by atoms with Gasteiger partial charge in [0.2, 0.25) is 0 Å². The summed E-state index contributed by atoms with van der Waals surface area (Å²) in [4.78, 5) is 10.5. The first-order valence-corrected chi connectivity index (χ1v) is 10.4. The van der Waals surface area contributed by atoms with Gasteiger partial charge in [0.15, 0.2) is 0 Å². The largest absolute Gasteiger partial charge is 0.481 e. The van der Waals surface area contributed by atoms with Crippen molar-refractivity contribution in [2.75, 3.05) is 21.3 Å². The third kappa shape index (κ3) is 14.5. The minimum absolute atomic E-state index is 0.188. The number of carbonyl (C=O) groups is 1. The topological polar surface area (TPSA) is 65.0 Å². The van der Waals surface area contributed by atoms with Gasteiger partial charge < -0.3 is 19.3 Å². The summed E-state index contributed by atoms with van der Waals surface area (Å²) in [7, 11) is 5.35. The van der Waals surface area contributed by atoms with E-state index in [0.717, 1.165) is 57.8 Å². The van der Waals surface area contributed by atoms with Crippen LogP contribution in [0.3, 0.4) is 0 Å². The molecule has 0 fully saturated rings. The minimum atomic E-state index is -0.711. The molecule has 0 rings (SSSR count). The number of aliphatic carboxylic acids is 1. The first-order chi connectivity index (χ1) is 12.6. The second-order valence-corrected chi connectivity index (χ2v) is 7.23. The second-order valence-electron chi connectivity index (χ2n) is 7.23. The molecule has 0 bridgehead atoms. The van der Waals surface area contributed by atoms with Crippen LogP contribution in [0, 0.1) is 0 Å². The van der Waals surface area contributed by atoms with Gasteiger partial charge in [0, 0.05) is 27.8 Å². The number of unbranched alkanes of at least 4 members (excludes halogenated alkanes) is 4. The fourth-order valence-corrected chi connectivity index (χ4v) is 3.36. The van der Waals surface area contributed by atoms with Gasteiger partial charge in [0.1, 0.15) is 0 Å². The highest BCUT2D eigenvalue weighted by Crippen LogP contribution is 2.19. The first-order valence-electron chi connectivity index (χ1n) is 10.4. The maximum absolute atomic E-state index is 10.5. The molecule has 0 aliphatic heterocycles. The summed E-state index contributed by atoms with van der Waals surface area (Å²) in [6.07, 6.45) is 13.7. The van der Waals surface area contributed by atoms with E-state index in [-0.39, 0.29) is 18.6 Å². The summed E-state index contributed by atoms with van der Waals surface area (Å²) in [5.41, 5.74) is 0. The Morgan fingerprint density at radius 3 is 1.77 bits per heavy atom. The van der Waals surface area contributed by atoms with Gasteiger partial charge in [-0.25, -0.2) is 0 Å². The predicted molar refractivity (Wildman–Crippen MR) is 106 cm³/mol. The van der Waals surface area contributed by atoms with E-state index in [9.17, 15) is 4.79 Å². The van der Waals surface area contributed by atoms with Crippen molar-refractivity contribution in [2.24, 2.45) is 0 Å². The Bertz CT molecular complexity index is 322. The summed E-state index contributed by atoms with van der Waals surface area (Å²) in [5.74, 6) is -0.711. The van der Waals surface area contributed by atoms with Crippen LogP contribution in [0.4, 0.5) is 0 Å². The maximum atomic E-state index is 10.5.